The molecule has 12 heavy (non-hydrogen) atoms. The van der Waals surface area contributed by atoms with Crippen molar-refractivity contribution in [3.05, 3.63) is 28.2 Å². The maximum atomic E-state index is 5.16. The highest BCUT2D eigenvalue weighted by molar-refractivity contribution is 9.10. The number of nitrogens with one attached hydrogen (secondary N) is 1. The van der Waals surface area contributed by atoms with Gasteiger partial charge in [-0.15, -0.1) is 0 Å². The number of hydrogen-bond donors (Lipinski definition) is 1. The fourth-order valence-corrected chi connectivity index (χ4v) is 1.67. The lowest BCUT2D eigenvalue weighted by molar-refractivity contribution is 0.294. The minimum absolute atomic E-state index is 0.449. The minimum atomic E-state index is 0.449. The van der Waals surface area contributed by atoms with Crippen molar-refractivity contribution in [2.45, 2.75) is 6.61 Å². The van der Waals surface area contributed by atoms with Gasteiger partial charge in [0, 0.05) is 15.7 Å². The molecule has 1 aromatic rings. The van der Waals surface area contributed by atoms with E-state index in [0.717, 1.165) is 15.7 Å². The first-order chi connectivity index (χ1) is 5.75. The number of halogens is 1. The van der Waals surface area contributed by atoms with Crippen LogP contribution in [-0.2, 0) is 11.3 Å². The van der Waals surface area contributed by atoms with Crippen LogP contribution >= 0.6 is 28.1 Å². The zero-order chi connectivity index (χ0) is 8.55. The first-order valence-corrected chi connectivity index (χ1v) is 4.68. The number of hydrogen-bond acceptors (Lipinski definition) is 2. The molecule has 0 unspecified atom stereocenters. The Morgan fingerprint density at radius 3 is 3.17 bits per heavy atom. The molecular formula is C8H6BrNOS. The Balaban J connectivity index is 2.43. The molecule has 0 saturated heterocycles. The van der Waals surface area contributed by atoms with Gasteiger partial charge in [-0.05, 0) is 30.4 Å². The van der Waals surface area contributed by atoms with Gasteiger partial charge in [0.25, 0.3) is 5.17 Å². The molecule has 2 nitrogen and oxygen atoms in total. The quantitative estimate of drug-likeness (QED) is 0.709. The van der Waals surface area contributed by atoms with E-state index in [-0.39, 0.29) is 0 Å². The smallest absolute Gasteiger partial charge is 0.261 e. The second kappa shape index (κ2) is 3.03. The molecule has 0 radical (unpaired) electrons. The fourth-order valence-electron chi connectivity index (χ4n) is 1.09. The van der Waals surface area contributed by atoms with E-state index < -0.39 is 0 Å². The van der Waals surface area contributed by atoms with Crippen LogP contribution in [0.2, 0.25) is 0 Å². The van der Waals surface area contributed by atoms with E-state index in [1.807, 2.05) is 18.2 Å². The zero-order valence-electron chi connectivity index (χ0n) is 6.13. The number of fused-ring (bicyclic) bond motifs is 1. The average molecular weight is 244 g/mol. The van der Waals surface area contributed by atoms with Gasteiger partial charge >= 0.3 is 0 Å². The molecular weight excluding hydrogens is 238 g/mol. The molecule has 1 heterocycles. The third-order valence-electron chi connectivity index (χ3n) is 1.66. The van der Waals surface area contributed by atoms with Crippen molar-refractivity contribution in [2.75, 3.05) is 5.32 Å². The maximum Gasteiger partial charge on any atom is 0.261 e. The summed E-state index contributed by atoms with van der Waals surface area (Å²) in [4.78, 5) is 0. The first-order valence-electron chi connectivity index (χ1n) is 3.48. The van der Waals surface area contributed by atoms with Crippen molar-refractivity contribution >= 4 is 39.0 Å². The molecule has 1 aliphatic rings. The molecule has 0 aliphatic carbocycles. The van der Waals surface area contributed by atoms with Crippen LogP contribution in [-0.4, -0.2) is 5.17 Å². The maximum absolute atomic E-state index is 5.16. The number of rotatable bonds is 0. The van der Waals surface area contributed by atoms with E-state index in [2.05, 4.69) is 21.2 Å². The Kier molecular flexibility index (Phi) is 2.02. The van der Waals surface area contributed by atoms with E-state index in [1.54, 1.807) is 0 Å². The van der Waals surface area contributed by atoms with Gasteiger partial charge in [0.15, 0.2) is 0 Å². The summed E-state index contributed by atoms with van der Waals surface area (Å²) in [5, 5.41) is 3.42. The van der Waals surface area contributed by atoms with Gasteiger partial charge in [-0.3, -0.25) is 0 Å². The number of anilines is 1. The Labute approximate surface area is 84.0 Å². The van der Waals surface area contributed by atoms with Gasteiger partial charge in [0.2, 0.25) is 0 Å². The van der Waals surface area contributed by atoms with Crippen molar-refractivity contribution in [2.24, 2.45) is 0 Å². The Bertz CT molecular complexity index is 340. The Morgan fingerprint density at radius 2 is 2.33 bits per heavy atom. The van der Waals surface area contributed by atoms with Crippen LogP contribution in [0.5, 0.6) is 0 Å². The molecule has 0 aromatic heterocycles. The minimum Gasteiger partial charge on any atom is -0.466 e. The molecule has 0 spiro atoms. The van der Waals surface area contributed by atoms with E-state index in [9.17, 15) is 0 Å². The number of thiocarbonyl (C=S) groups is 1. The van der Waals surface area contributed by atoms with Crippen LogP contribution in [0.1, 0.15) is 5.56 Å². The molecule has 0 saturated carbocycles. The van der Waals surface area contributed by atoms with E-state index in [0.29, 0.717) is 11.8 Å². The molecule has 1 N–H and O–H groups in total. The van der Waals surface area contributed by atoms with Gasteiger partial charge in [-0.1, -0.05) is 15.9 Å². The SMILES string of the molecule is S=C1Nc2ccc(Br)cc2CO1. The Morgan fingerprint density at radius 1 is 1.50 bits per heavy atom. The highest BCUT2D eigenvalue weighted by Gasteiger charge is 2.11. The lowest BCUT2D eigenvalue weighted by atomic mass is 10.2. The van der Waals surface area contributed by atoms with Gasteiger partial charge in [-0.25, -0.2) is 0 Å². The third kappa shape index (κ3) is 1.44. The highest BCUT2D eigenvalue weighted by atomic mass is 79.9. The second-order valence-electron chi connectivity index (χ2n) is 2.50. The topological polar surface area (TPSA) is 21.3 Å². The summed E-state index contributed by atoms with van der Waals surface area (Å²) in [6.07, 6.45) is 0. The lowest BCUT2D eigenvalue weighted by Gasteiger charge is -2.19. The molecule has 0 atom stereocenters. The second-order valence-corrected chi connectivity index (χ2v) is 3.79. The van der Waals surface area contributed by atoms with E-state index >= 15 is 0 Å². The summed E-state index contributed by atoms with van der Waals surface area (Å²) >= 11 is 8.26. The van der Waals surface area contributed by atoms with Crippen molar-refractivity contribution in [3.8, 4) is 0 Å². The molecule has 0 amide bonds. The predicted octanol–water partition coefficient (Wildman–Crippen LogP) is 2.68. The summed E-state index contributed by atoms with van der Waals surface area (Å²) < 4.78 is 6.21. The summed E-state index contributed by atoms with van der Waals surface area (Å²) in [5.74, 6) is 0. The van der Waals surface area contributed by atoms with Gasteiger partial charge in [0.05, 0.1) is 0 Å². The molecule has 1 aliphatic heterocycles. The normalized spacial score (nSPS) is 14.6. The molecule has 2 rings (SSSR count). The predicted molar refractivity (Wildman–Crippen MR) is 55.2 cm³/mol. The Hall–Kier alpha value is -0.610. The summed E-state index contributed by atoms with van der Waals surface area (Å²) in [6.45, 7) is 0.556. The van der Waals surface area contributed by atoms with Crippen molar-refractivity contribution in [1.29, 1.82) is 0 Å². The zero-order valence-corrected chi connectivity index (χ0v) is 8.54. The van der Waals surface area contributed by atoms with Crippen LogP contribution in [0.4, 0.5) is 5.69 Å². The fraction of sp³-hybridized carbons (Fsp3) is 0.125. The van der Waals surface area contributed by atoms with Gasteiger partial charge < -0.3 is 10.1 Å². The van der Waals surface area contributed by atoms with Crippen LogP contribution < -0.4 is 5.32 Å². The summed E-state index contributed by atoms with van der Waals surface area (Å²) in [6, 6.07) is 5.97. The molecule has 0 fully saturated rings. The average Bonchev–Trinajstić information content (AvgIpc) is 2.05. The van der Waals surface area contributed by atoms with Gasteiger partial charge in [0.1, 0.15) is 6.61 Å². The molecule has 0 bridgehead atoms. The number of ether oxygens (including phenoxy) is 1. The first kappa shape index (κ1) is 8.01. The van der Waals surface area contributed by atoms with E-state index in [1.165, 1.54) is 0 Å². The van der Waals surface area contributed by atoms with Crippen molar-refractivity contribution < 1.29 is 4.74 Å². The molecule has 4 heteroatoms. The molecule has 1 aromatic carbocycles. The summed E-state index contributed by atoms with van der Waals surface area (Å²) in [7, 11) is 0. The van der Waals surface area contributed by atoms with Crippen molar-refractivity contribution in [1.82, 2.24) is 0 Å². The number of benzene rings is 1. The molecule has 62 valence electrons. The highest BCUT2D eigenvalue weighted by Crippen LogP contribution is 2.24. The monoisotopic (exact) mass is 243 g/mol. The van der Waals surface area contributed by atoms with Crippen LogP contribution in [0, 0.1) is 0 Å². The summed E-state index contributed by atoms with van der Waals surface area (Å²) in [5.41, 5.74) is 2.16. The van der Waals surface area contributed by atoms with E-state index in [4.69, 9.17) is 17.0 Å². The largest absolute Gasteiger partial charge is 0.466 e. The van der Waals surface area contributed by atoms with Crippen LogP contribution in [0.15, 0.2) is 22.7 Å². The van der Waals surface area contributed by atoms with Crippen LogP contribution in [0.3, 0.4) is 0 Å². The lowest BCUT2D eigenvalue weighted by Crippen LogP contribution is -2.19. The van der Waals surface area contributed by atoms with Gasteiger partial charge in [-0.2, -0.15) is 0 Å². The van der Waals surface area contributed by atoms with Crippen LogP contribution in [0.25, 0.3) is 0 Å². The van der Waals surface area contributed by atoms with Crippen molar-refractivity contribution in [3.63, 3.8) is 0 Å². The standard InChI is InChI=1S/C8H6BrNOS/c9-6-1-2-7-5(3-6)4-11-8(12)10-7/h1-3H,4H2,(H,10,12). The third-order valence-corrected chi connectivity index (χ3v) is 2.38.